The lowest BCUT2D eigenvalue weighted by molar-refractivity contribution is -0.132. The van der Waals surface area contributed by atoms with Gasteiger partial charge in [-0.05, 0) is 33.6 Å². The highest BCUT2D eigenvalue weighted by molar-refractivity contribution is 7.09. The minimum absolute atomic E-state index is 0.0230. The average Bonchev–Trinajstić information content (AvgIpc) is 3.06. The number of methoxy groups -OCH3 is 1. The zero-order valence-corrected chi connectivity index (χ0v) is 17.1. The van der Waals surface area contributed by atoms with Crippen molar-refractivity contribution in [1.82, 2.24) is 24.6 Å². The monoisotopic (exact) mass is 393 g/mol. The van der Waals surface area contributed by atoms with Crippen molar-refractivity contribution < 1.29 is 9.53 Å². The Morgan fingerprint density at radius 1 is 1.44 bits per heavy atom. The predicted molar refractivity (Wildman–Crippen MR) is 103 cm³/mol. The van der Waals surface area contributed by atoms with E-state index in [2.05, 4.69) is 15.4 Å². The van der Waals surface area contributed by atoms with Crippen LogP contribution in [0.15, 0.2) is 10.2 Å². The molecule has 0 aromatic carbocycles. The topological polar surface area (TPSA) is 91.0 Å². The predicted octanol–water partition coefficient (Wildman–Crippen LogP) is 1.35. The van der Waals surface area contributed by atoms with E-state index in [0.717, 1.165) is 22.9 Å². The van der Waals surface area contributed by atoms with E-state index >= 15 is 0 Å². The zero-order chi connectivity index (χ0) is 19.6. The third kappa shape index (κ3) is 4.47. The second-order valence-corrected chi connectivity index (χ2v) is 8.74. The van der Waals surface area contributed by atoms with Gasteiger partial charge >= 0.3 is 5.69 Å². The van der Waals surface area contributed by atoms with Gasteiger partial charge in [0, 0.05) is 31.5 Å². The normalized spacial score (nSPS) is 17.4. The first-order valence-corrected chi connectivity index (χ1v) is 10.1. The van der Waals surface area contributed by atoms with Gasteiger partial charge in [0.25, 0.3) is 0 Å². The van der Waals surface area contributed by atoms with E-state index in [0.29, 0.717) is 32.5 Å². The molecule has 1 aliphatic rings. The van der Waals surface area contributed by atoms with Crippen molar-refractivity contribution in [3.63, 3.8) is 0 Å². The first-order chi connectivity index (χ1) is 12.8. The van der Waals surface area contributed by atoms with Crippen LogP contribution in [0.4, 0.5) is 0 Å². The van der Waals surface area contributed by atoms with Crippen molar-refractivity contribution in [2.75, 3.05) is 13.7 Å². The molecule has 1 aliphatic heterocycles. The summed E-state index contributed by atoms with van der Waals surface area (Å²) in [4.78, 5) is 29.6. The zero-order valence-electron chi connectivity index (χ0n) is 16.3. The fraction of sp³-hybridized carbons (Fsp3) is 0.667. The van der Waals surface area contributed by atoms with Crippen molar-refractivity contribution >= 4 is 17.2 Å². The van der Waals surface area contributed by atoms with Crippen molar-refractivity contribution in [3.8, 4) is 0 Å². The Balaban J connectivity index is 1.65. The van der Waals surface area contributed by atoms with Crippen molar-refractivity contribution in [1.29, 1.82) is 0 Å². The van der Waals surface area contributed by atoms with Crippen LogP contribution in [0.5, 0.6) is 0 Å². The maximum Gasteiger partial charge on any atom is 0.346 e. The molecule has 1 N–H and O–H groups in total. The van der Waals surface area contributed by atoms with Crippen molar-refractivity contribution in [2.45, 2.75) is 59.2 Å². The molecule has 0 spiro atoms. The molecule has 0 saturated carbocycles. The van der Waals surface area contributed by atoms with E-state index in [1.54, 1.807) is 23.0 Å². The summed E-state index contributed by atoms with van der Waals surface area (Å²) >= 11 is 1.57. The van der Waals surface area contributed by atoms with Gasteiger partial charge in [-0.1, -0.05) is 0 Å². The van der Waals surface area contributed by atoms with Gasteiger partial charge in [-0.3, -0.25) is 9.36 Å². The molecule has 3 heterocycles. The first-order valence-electron chi connectivity index (χ1n) is 9.17. The molecule has 2 aromatic rings. The summed E-state index contributed by atoms with van der Waals surface area (Å²) in [6.45, 7) is 7.00. The van der Waals surface area contributed by atoms with E-state index in [9.17, 15) is 9.59 Å². The summed E-state index contributed by atoms with van der Waals surface area (Å²) in [5.74, 6) is 0.755. The smallest absolute Gasteiger partial charge is 0.346 e. The molecule has 148 valence electrons. The largest absolute Gasteiger partial charge is 0.384 e. The van der Waals surface area contributed by atoms with Gasteiger partial charge in [-0.2, -0.15) is 5.10 Å². The van der Waals surface area contributed by atoms with Gasteiger partial charge in [0.05, 0.1) is 29.3 Å². The molecule has 0 saturated heterocycles. The van der Waals surface area contributed by atoms with Gasteiger partial charge in [0.2, 0.25) is 5.91 Å². The molecule has 1 unspecified atom stereocenters. The Hall–Kier alpha value is -2.00. The summed E-state index contributed by atoms with van der Waals surface area (Å²) < 4.78 is 8.35. The van der Waals surface area contributed by atoms with Gasteiger partial charge in [0.1, 0.15) is 5.82 Å². The van der Waals surface area contributed by atoms with Gasteiger partial charge < -0.3 is 10.1 Å². The molecular formula is C18H27N5O3S. The lowest BCUT2D eigenvalue weighted by atomic mass is 9.92. The third-order valence-corrected chi connectivity index (χ3v) is 5.67. The number of aromatic nitrogens is 4. The number of fused-ring (bicyclic) bond motifs is 1. The number of thiazole rings is 1. The number of rotatable bonds is 6. The van der Waals surface area contributed by atoms with Crippen LogP contribution in [-0.2, 0) is 29.0 Å². The Morgan fingerprint density at radius 2 is 2.22 bits per heavy atom. The van der Waals surface area contributed by atoms with Gasteiger partial charge in [-0.25, -0.2) is 14.5 Å². The van der Waals surface area contributed by atoms with Crippen molar-refractivity contribution in [2.24, 2.45) is 5.41 Å². The maximum atomic E-state index is 12.7. The first kappa shape index (κ1) is 19.8. The highest BCUT2D eigenvalue weighted by Crippen LogP contribution is 2.18. The van der Waals surface area contributed by atoms with Crippen molar-refractivity contribution in [3.05, 3.63) is 32.4 Å². The lowest BCUT2D eigenvalue weighted by Gasteiger charge is -2.26. The number of ether oxygens (including phenoxy) is 1. The molecule has 0 aliphatic carbocycles. The molecule has 9 heteroatoms. The second-order valence-electron chi connectivity index (χ2n) is 7.68. The van der Waals surface area contributed by atoms with Gasteiger partial charge in [-0.15, -0.1) is 11.3 Å². The van der Waals surface area contributed by atoms with E-state index in [1.807, 2.05) is 26.2 Å². The van der Waals surface area contributed by atoms with Crippen LogP contribution in [0.1, 0.15) is 43.2 Å². The summed E-state index contributed by atoms with van der Waals surface area (Å²) in [6, 6.07) is 0.0318. The molecule has 8 nitrogen and oxygen atoms in total. The number of nitrogens with zero attached hydrogens (tertiary/aromatic N) is 4. The summed E-state index contributed by atoms with van der Waals surface area (Å²) in [5.41, 5.74) is 0.174. The van der Waals surface area contributed by atoms with Gasteiger partial charge in [0.15, 0.2) is 0 Å². The molecular weight excluding hydrogens is 366 g/mol. The van der Waals surface area contributed by atoms with Crippen LogP contribution >= 0.6 is 11.3 Å². The molecule has 0 bridgehead atoms. The number of hydrogen-bond donors (Lipinski definition) is 1. The van der Waals surface area contributed by atoms with Crippen LogP contribution in [-0.4, -0.2) is 45.0 Å². The van der Waals surface area contributed by atoms with Crippen LogP contribution in [0.25, 0.3) is 0 Å². The Labute approximate surface area is 162 Å². The van der Waals surface area contributed by atoms with Crippen LogP contribution < -0.4 is 11.0 Å². The Bertz CT molecular complexity index is 867. The van der Waals surface area contributed by atoms with E-state index in [4.69, 9.17) is 4.74 Å². The standard InChI is InChI=1S/C18H27N5O3S/c1-12-19-14(10-27-12)9-23-17(25)22-8-7-13(5-6-15(22)21-23)20-16(24)18(2,3)11-26-4/h10,13H,5-9,11H2,1-4H3,(H,20,24). The molecule has 0 radical (unpaired) electrons. The molecule has 2 aromatic heterocycles. The Kier molecular flexibility index (Phi) is 5.81. The van der Waals surface area contributed by atoms with Crippen LogP contribution in [0.2, 0.25) is 0 Å². The average molecular weight is 394 g/mol. The summed E-state index contributed by atoms with van der Waals surface area (Å²) in [6.07, 6.45) is 2.14. The number of nitrogens with one attached hydrogen (secondary N) is 1. The number of amides is 1. The number of aryl methyl sites for hydroxylation is 2. The number of carbonyl (C=O) groups is 1. The maximum absolute atomic E-state index is 12.7. The minimum atomic E-state index is -0.576. The highest BCUT2D eigenvalue weighted by Gasteiger charge is 2.30. The highest BCUT2D eigenvalue weighted by atomic mass is 32.1. The van der Waals surface area contributed by atoms with Crippen LogP contribution in [0, 0.1) is 12.3 Å². The van der Waals surface area contributed by atoms with E-state index in [1.165, 1.54) is 4.68 Å². The number of hydrogen-bond acceptors (Lipinski definition) is 6. The number of carbonyl (C=O) groups excluding carboxylic acids is 1. The molecule has 0 fully saturated rings. The molecule has 3 rings (SSSR count). The summed E-state index contributed by atoms with van der Waals surface area (Å²) in [7, 11) is 1.59. The SMILES string of the molecule is COCC(C)(C)C(=O)NC1CCc2nn(Cc3csc(C)n3)c(=O)n2CC1. The fourth-order valence-electron chi connectivity index (χ4n) is 3.32. The fourth-order valence-corrected chi connectivity index (χ4v) is 3.92. The lowest BCUT2D eigenvalue weighted by Crippen LogP contribution is -2.45. The summed E-state index contributed by atoms with van der Waals surface area (Å²) in [5, 5.41) is 10.6. The third-order valence-electron chi connectivity index (χ3n) is 4.85. The van der Waals surface area contributed by atoms with E-state index < -0.39 is 5.41 Å². The Morgan fingerprint density at radius 3 is 2.89 bits per heavy atom. The molecule has 27 heavy (non-hydrogen) atoms. The van der Waals surface area contributed by atoms with E-state index in [-0.39, 0.29) is 17.6 Å². The second kappa shape index (κ2) is 7.93. The molecule has 1 amide bonds. The molecule has 1 atom stereocenters. The minimum Gasteiger partial charge on any atom is -0.384 e. The van der Waals surface area contributed by atoms with Crippen LogP contribution in [0.3, 0.4) is 0 Å². The quantitative estimate of drug-likeness (QED) is 0.800.